The molecule has 2 N–H and O–H groups in total. The van der Waals surface area contributed by atoms with Crippen LogP contribution >= 0.6 is 0 Å². The number of aromatic nitrogens is 2. The van der Waals surface area contributed by atoms with Crippen LogP contribution in [0.3, 0.4) is 0 Å². The lowest BCUT2D eigenvalue weighted by atomic mass is 10.0. The number of hydrogen-bond donors (Lipinski definition) is 2. The van der Waals surface area contributed by atoms with Gasteiger partial charge in [-0.05, 0) is 38.5 Å². The van der Waals surface area contributed by atoms with E-state index in [1.54, 1.807) is 45.0 Å². The maximum atomic E-state index is 12.5. The van der Waals surface area contributed by atoms with Crippen molar-refractivity contribution in [2.45, 2.75) is 32.2 Å². The first-order valence-electron chi connectivity index (χ1n) is 7.46. The monoisotopic (exact) mass is 346 g/mol. The second-order valence-corrected chi connectivity index (χ2v) is 6.10. The molecular weight excluding hydrogens is 328 g/mol. The van der Waals surface area contributed by atoms with E-state index in [2.05, 4.69) is 10.4 Å². The average Bonchev–Trinajstić information content (AvgIpc) is 3.05. The predicted octanol–water partition coefficient (Wildman–Crippen LogP) is 2.35. The van der Waals surface area contributed by atoms with E-state index in [0.29, 0.717) is 11.3 Å². The number of benzene rings is 1. The number of nitro groups is 1. The minimum Gasteiger partial charge on any atom is -0.481 e. The van der Waals surface area contributed by atoms with Crippen LogP contribution in [-0.2, 0) is 15.1 Å². The second-order valence-electron chi connectivity index (χ2n) is 6.10. The van der Waals surface area contributed by atoms with Gasteiger partial charge in [0.1, 0.15) is 17.9 Å². The van der Waals surface area contributed by atoms with Crippen LogP contribution in [0.1, 0.15) is 32.3 Å². The summed E-state index contributed by atoms with van der Waals surface area (Å²) in [5.74, 6) is -1.99. The molecule has 0 fully saturated rings. The van der Waals surface area contributed by atoms with Gasteiger partial charge in [-0.25, -0.2) is 0 Å². The van der Waals surface area contributed by atoms with Crippen molar-refractivity contribution >= 4 is 23.3 Å². The van der Waals surface area contributed by atoms with Gasteiger partial charge in [0.05, 0.1) is 10.8 Å². The van der Waals surface area contributed by atoms with Gasteiger partial charge < -0.3 is 10.4 Å². The van der Waals surface area contributed by atoms with Gasteiger partial charge in [-0.1, -0.05) is 12.1 Å². The Morgan fingerprint density at radius 1 is 1.32 bits per heavy atom. The summed E-state index contributed by atoms with van der Waals surface area (Å²) in [5, 5.41) is 26.3. The summed E-state index contributed by atoms with van der Waals surface area (Å²) in [4.78, 5) is 33.6. The fraction of sp³-hybridized carbons (Fsp3) is 0.312. The highest BCUT2D eigenvalue weighted by Crippen LogP contribution is 2.22. The Balaban J connectivity index is 2.14. The zero-order valence-electron chi connectivity index (χ0n) is 14.0. The molecule has 132 valence electrons. The van der Waals surface area contributed by atoms with Crippen molar-refractivity contribution in [2.75, 3.05) is 5.32 Å². The molecule has 1 heterocycles. The van der Waals surface area contributed by atoms with Gasteiger partial charge in [-0.15, -0.1) is 0 Å². The summed E-state index contributed by atoms with van der Waals surface area (Å²) in [6, 6.07) is 6.46. The highest BCUT2D eigenvalue weighted by Gasteiger charge is 2.32. The van der Waals surface area contributed by atoms with Gasteiger partial charge in [-0.2, -0.15) is 5.10 Å². The Hall–Kier alpha value is -3.23. The maximum absolute atomic E-state index is 12.5. The Bertz CT molecular complexity index is 810. The van der Waals surface area contributed by atoms with Crippen LogP contribution in [0.4, 0.5) is 11.4 Å². The molecule has 0 saturated heterocycles. The number of anilines is 1. The van der Waals surface area contributed by atoms with Gasteiger partial charge in [0, 0.05) is 5.69 Å². The quantitative estimate of drug-likeness (QED) is 0.610. The van der Waals surface area contributed by atoms with E-state index in [4.69, 9.17) is 5.11 Å². The zero-order valence-corrected chi connectivity index (χ0v) is 14.0. The van der Waals surface area contributed by atoms with Crippen molar-refractivity contribution in [2.24, 2.45) is 0 Å². The van der Waals surface area contributed by atoms with Crippen LogP contribution in [0, 0.1) is 10.1 Å². The van der Waals surface area contributed by atoms with Crippen molar-refractivity contribution in [3.8, 4) is 0 Å². The highest BCUT2D eigenvalue weighted by molar-refractivity contribution is 5.96. The van der Waals surface area contributed by atoms with Crippen LogP contribution in [-0.4, -0.2) is 31.7 Å². The smallest absolute Gasteiger partial charge is 0.310 e. The summed E-state index contributed by atoms with van der Waals surface area (Å²) in [6.07, 6.45) is 2.27. The number of hydrogen-bond acceptors (Lipinski definition) is 5. The molecule has 0 aliphatic carbocycles. The molecule has 0 aliphatic rings. The number of rotatable bonds is 6. The first-order chi connectivity index (χ1) is 11.6. The molecule has 1 unspecified atom stereocenters. The number of amides is 1. The standard InChI is InChI=1S/C16H18N4O5/c1-10(14(21)22)11-4-6-12(7-5-11)18-15(23)16(2,3)19-9-13(8-17-19)20(24)25/h4-10H,1-3H3,(H,18,23)(H,21,22). The van der Waals surface area contributed by atoms with Crippen molar-refractivity contribution in [3.05, 3.63) is 52.3 Å². The first kappa shape index (κ1) is 18.1. The molecule has 1 amide bonds. The molecule has 0 radical (unpaired) electrons. The SMILES string of the molecule is CC(C(=O)O)c1ccc(NC(=O)C(C)(C)n2cc([N+](=O)[O-])cn2)cc1. The second kappa shape index (κ2) is 6.71. The average molecular weight is 346 g/mol. The van der Waals surface area contributed by atoms with Crippen LogP contribution in [0.15, 0.2) is 36.7 Å². The Kier molecular flexibility index (Phi) is 4.87. The number of nitrogens with one attached hydrogen (secondary N) is 1. The van der Waals surface area contributed by atoms with Crippen molar-refractivity contribution in [1.29, 1.82) is 0 Å². The van der Waals surface area contributed by atoms with E-state index in [1.165, 1.54) is 10.9 Å². The van der Waals surface area contributed by atoms with E-state index in [0.717, 1.165) is 6.20 Å². The third-order valence-corrected chi connectivity index (χ3v) is 3.95. The molecule has 2 rings (SSSR count). The van der Waals surface area contributed by atoms with Gasteiger partial charge in [0.25, 0.3) is 5.91 Å². The van der Waals surface area contributed by atoms with Crippen LogP contribution < -0.4 is 5.32 Å². The lowest BCUT2D eigenvalue weighted by Gasteiger charge is -2.24. The molecule has 0 spiro atoms. The molecule has 1 atom stereocenters. The summed E-state index contributed by atoms with van der Waals surface area (Å²) in [7, 11) is 0. The zero-order chi connectivity index (χ0) is 18.8. The number of carbonyl (C=O) groups is 2. The first-order valence-corrected chi connectivity index (χ1v) is 7.46. The molecule has 9 heteroatoms. The van der Waals surface area contributed by atoms with Gasteiger partial charge in [0.15, 0.2) is 0 Å². The minimum atomic E-state index is -1.15. The number of nitrogens with zero attached hydrogens (tertiary/aromatic N) is 3. The topological polar surface area (TPSA) is 127 Å². The molecule has 0 aliphatic heterocycles. The fourth-order valence-electron chi connectivity index (χ4n) is 2.10. The molecule has 1 aromatic carbocycles. The minimum absolute atomic E-state index is 0.201. The molecule has 0 saturated carbocycles. The third kappa shape index (κ3) is 3.82. The summed E-state index contributed by atoms with van der Waals surface area (Å²) in [6.45, 7) is 4.74. The Labute approximate surface area is 143 Å². The number of carbonyl (C=O) groups excluding carboxylic acids is 1. The van der Waals surface area contributed by atoms with Gasteiger partial charge >= 0.3 is 11.7 Å². The molecule has 25 heavy (non-hydrogen) atoms. The van der Waals surface area contributed by atoms with Crippen molar-refractivity contribution < 1.29 is 19.6 Å². The third-order valence-electron chi connectivity index (χ3n) is 3.95. The Morgan fingerprint density at radius 3 is 2.40 bits per heavy atom. The van der Waals surface area contributed by atoms with E-state index < -0.39 is 28.3 Å². The van der Waals surface area contributed by atoms with Gasteiger partial charge in [0.2, 0.25) is 0 Å². The molecule has 2 aromatic rings. The largest absolute Gasteiger partial charge is 0.481 e. The normalized spacial score (nSPS) is 12.4. The maximum Gasteiger partial charge on any atom is 0.310 e. The number of carboxylic acid groups (broad SMARTS) is 1. The van der Waals surface area contributed by atoms with Crippen LogP contribution in [0.2, 0.25) is 0 Å². The van der Waals surface area contributed by atoms with Gasteiger partial charge in [-0.3, -0.25) is 24.4 Å². The lowest BCUT2D eigenvalue weighted by Crippen LogP contribution is -2.40. The summed E-state index contributed by atoms with van der Waals surface area (Å²) >= 11 is 0. The Morgan fingerprint density at radius 2 is 1.92 bits per heavy atom. The number of carboxylic acids is 1. The molecule has 0 bridgehead atoms. The predicted molar refractivity (Wildman–Crippen MR) is 89.3 cm³/mol. The highest BCUT2D eigenvalue weighted by atomic mass is 16.6. The van der Waals surface area contributed by atoms with E-state index in [-0.39, 0.29) is 5.69 Å². The fourth-order valence-corrected chi connectivity index (χ4v) is 2.10. The molecule has 1 aromatic heterocycles. The molecular formula is C16H18N4O5. The van der Waals surface area contributed by atoms with E-state index in [9.17, 15) is 19.7 Å². The van der Waals surface area contributed by atoms with Crippen molar-refractivity contribution in [1.82, 2.24) is 9.78 Å². The van der Waals surface area contributed by atoms with Crippen molar-refractivity contribution in [3.63, 3.8) is 0 Å². The number of aliphatic carboxylic acids is 1. The summed E-state index contributed by atoms with van der Waals surface area (Å²) < 4.78 is 1.22. The van der Waals surface area contributed by atoms with E-state index in [1.807, 2.05) is 0 Å². The lowest BCUT2D eigenvalue weighted by molar-refractivity contribution is -0.385. The summed E-state index contributed by atoms with van der Waals surface area (Å²) in [5.41, 5.74) is -0.247. The van der Waals surface area contributed by atoms with Crippen LogP contribution in [0.5, 0.6) is 0 Å². The van der Waals surface area contributed by atoms with E-state index >= 15 is 0 Å². The molecule has 9 nitrogen and oxygen atoms in total. The van der Waals surface area contributed by atoms with Crippen LogP contribution in [0.25, 0.3) is 0 Å².